The zero-order valence-electron chi connectivity index (χ0n) is 17.6. The lowest BCUT2D eigenvalue weighted by Gasteiger charge is -2.32. The van der Waals surface area contributed by atoms with Gasteiger partial charge < -0.3 is 10.2 Å². The number of aromatic nitrogens is 1. The van der Waals surface area contributed by atoms with E-state index in [1.807, 2.05) is 19.1 Å². The Kier molecular flexibility index (Phi) is 7.54. The molecule has 8 heteroatoms. The van der Waals surface area contributed by atoms with Crippen LogP contribution >= 0.6 is 0 Å². The van der Waals surface area contributed by atoms with Crippen molar-refractivity contribution >= 4 is 23.6 Å². The van der Waals surface area contributed by atoms with Crippen molar-refractivity contribution in [3.05, 3.63) is 29.6 Å². The number of carbonyl (C=O) groups is 4. The molecule has 0 aromatic carbocycles. The van der Waals surface area contributed by atoms with E-state index in [2.05, 4.69) is 10.3 Å². The predicted octanol–water partition coefficient (Wildman–Crippen LogP) is 1.56. The van der Waals surface area contributed by atoms with Crippen molar-refractivity contribution < 1.29 is 19.2 Å². The first-order valence-electron chi connectivity index (χ1n) is 10.7. The topological polar surface area (TPSA) is 99.7 Å². The highest BCUT2D eigenvalue weighted by Crippen LogP contribution is 2.21. The molecule has 4 amide bonds. The van der Waals surface area contributed by atoms with E-state index in [-0.39, 0.29) is 42.5 Å². The molecule has 0 bridgehead atoms. The van der Waals surface area contributed by atoms with Crippen LogP contribution in [-0.2, 0) is 25.7 Å². The van der Waals surface area contributed by atoms with Crippen LogP contribution in [0.4, 0.5) is 0 Å². The Labute approximate surface area is 177 Å². The molecule has 0 unspecified atom stereocenters. The van der Waals surface area contributed by atoms with E-state index in [0.29, 0.717) is 45.3 Å². The third-order valence-electron chi connectivity index (χ3n) is 5.94. The zero-order chi connectivity index (χ0) is 21.5. The Morgan fingerprint density at radius 1 is 1.17 bits per heavy atom. The van der Waals surface area contributed by atoms with Gasteiger partial charge in [-0.05, 0) is 43.7 Å². The largest absolute Gasteiger partial charge is 0.350 e. The molecule has 3 rings (SSSR count). The van der Waals surface area contributed by atoms with Crippen LogP contribution in [0.2, 0.25) is 0 Å². The van der Waals surface area contributed by atoms with Gasteiger partial charge in [-0.1, -0.05) is 6.07 Å². The van der Waals surface area contributed by atoms with Gasteiger partial charge in [-0.25, -0.2) is 0 Å². The van der Waals surface area contributed by atoms with Gasteiger partial charge >= 0.3 is 0 Å². The second-order valence-corrected chi connectivity index (χ2v) is 8.11. The van der Waals surface area contributed by atoms with Crippen LogP contribution in [0.25, 0.3) is 0 Å². The van der Waals surface area contributed by atoms with Crippen molar-refractivity contribution in [3.63, 3.8) is 0 Å². The number of piperidine rings is 2. The molecule has 0 atom stereocenters. The van der Waals surface area contributed by atoms with E-state index in [9.17, 15) is 19.2 Å². The van der Waals surface area contributed by atoms with E-state index < -0.39 is 0 Å². The average Bonchev–Trinajstić information content (AvgIpc) is 2.73. The number of carbonyl (C=O) groups excluding carboxylic acids is 4. The maximum atomic E-state index is 12.5. The molecule has 0 aliphatic carbocycles. The van der Waals surface area contributed by atoms with Crippen LogP contribution in [0.5, 0.6) is 0 Å². The van der Waals surface area contributed by atoms with Gasteiger partial charge in [0.15, 0.2) is 0 Å². The Bertz CT molecular complexity index is 786. The number of amides is 4. The number of nitrogens with zero attached hydrogens (tertiary/aromatic N) is 3. The van der Waals surface area contributed by atoms with Crippen LogP contribution in [0.1, 0.15) is 56.2 Å². The molecule has 1 aromatic heterocycles. The predicted molar refractivity (Wildman–Crippen MR) is 110 cm³/mol. The molecule has 2 aliphatic rings. The summed E-state index contributed by atoms with van der Waals surface area (Å²) in [5.41, 5.74) is 1.93. The summed E-state index contributed by atoms with van der Waals surface area (Å²) in [6.07, 6.45) is 5.27. The third kappa shape index (κ3) is 5.87. The first-order valence-corrected chi connectivity index (χ1v) is 10.7. The second-order valence-electron chi connectivity index (χ2n) is 8.11. The van der Waals surface area contributed by atoms with Crippen molar-refractivity contribution in [1.82, 2.24) is 20.1 Å². The van der Waals surface area contributed by atoms with Gasteiger partial charge in [0, 0.05) is 51.5 Å². The van der Waals surface area contributed by atoms with Crippen LogP contribution in [0, 0.1) is 12.8 Å². The monoisotopic (exact) mass is 414 g/mol. The molecule has 2 saturated heterocycles. The fourth-order valence-electron chi connectivity index (χ4n) is 4.02. The van der Waals surface area contributed by atoms with Crippen molar-refractivity contribution in [2.45, 2.75) is 58.4 Å². The normalized spacial score (nSPS) is 17.9. The maximum Gasteiger partial charge on any atom is 0.229 e. The Morgan fingerprint density at radius 3 is 2.53 bits per heavy atom. The molecule has 3 heterocycles. The molecule has 1 aromatic rings. The van der Waals surface area contributed by atoms with Gasteiger partial charge in [0.05, 0.1) is 12.2 Å². The molecule has 0 saturated carbocycles. The fraction of sp³-hybridized carbons (Fsp3) is 0.591. The Hall–Kier alpha value is -2.77. The van der Waals surface area contributed by atoms with Crippen LogP contribution in [0.15, 0.2) is 18.3 Å². The molecule has 1 N–H and O–H groups in total. The highest BCUT2D eigenvalue weighted by Gasteiger charge is 2.28. The van der Waals surface area contributed by atoms with E-state index in [0.717, 1.165) is 24.1 Å². The first-order chi connectivity index (χ1) is 14.4. The van der Waals surface area contributed by atoms with E-state index in [4.69, 9.17) is 0 Å². The summed E-state index contributed by atoms with van der Waals surface area (Å²) in [5.74, 6) is -0.125. The highest BCUT2D eigenvalue weighted by atomic mass is 16.2. The van der Waals surface area contributed by atoms with E-state index >= 15 is 0 Å². The summed E-state index contributed by atoms with van der Waals surface area (Å²) < 4.78 is 0. The lowest BCUT2D eigenvalue weighted by Crippen LogP contribution is -2.44. The standard InChI is InChI=1S/C22H30N4O4/c1-16-4-3-10-23-18(16)15-24-19(27)14-17-7-11-25(12-8-17)20(28)9-13-26-21(29)5-2-6-22(26)30/h3-4,10,17H,2,5-9,11-15H2,1H3,(H,24,27). The molecule has 2 fully saturated rings. The fourth-order valence-corrected chi connectivity index (χ4v) is 4.02. The van der Waals surface area contributed by atoms with Gasteiger partial charge in [0.25, 0.3) is 0 Å². The minimum Gasteiger partial charge on any atom is -0.350 e. The molecule has 162 valence electrons. The summed E-state index contributed by atoms with van der Waals surface area (Å²) >= 11 is 0. The van der Waals surface area contributed by atoms with Gasteiger partial charge in [-0.15, -0.1) is 0 Å². The number of rotatable bonds is 7. The molecule has 0 radical (unpaired) electrons. The van der Waals surface area contributed by atoms with Crippen molar-refractivity contribution in [1.29, 1.82) is 0 Å². The van der Waals surface area contributed by atoms with Gasteiger partial charge in [0.1, 0.15) is 0 Å². The summed E-state index contributed by atoms with van der Waals surface area (Å²) in [6, 6.07) is 3.84. The SMILES string of the molecule is Cc1cccnc1CNC(=O)CC1CCN(C(=O)CCN2C(=O)CCCC2=O)CC1. The Morgan fingerprint density at radius 2 is 1.87 bits per heavy atom. The maximum absolute atomic E-state index is 12.5. The lowest BCUT2D eigenvalue weighted by molar-refractivity contribution is -0.148. The minimum absolute atomic E-state index is 0.00644. The van der Waals surface area contributed by atoms with Crippen LogP contribution in [-0.4, -0.2) is 58.0 Å². The summed E-state index contributed by atoms with van der Waals surface area (Å²) in [5, 5.41) is 2.93. The number of aryl methyl sites for hydroxylation is 1. The number of hydrogen-bond acceptors (Lipinski definition) is 5. The van der Waals surface area contributed by atoms with Crippen LogP contribution in [0.3, 0.4) is 0 Å². The lowest BCUT2D eigenvalue weighted by atomic mass is 9.93. The molecule has 30 heavy (non-hydrogen) atoms. The quantitative estimate of drug-likeness (QED) is 0.683. The van der Waals surface area contributed by atoms with Gasteiger partial charge in [-0.3, -0.25) is 29.1 Å². The van der Waals surface area contributed by atoms with Crippen molar-refractivity contribution in [2.24, 2.45) is 5.92 Å². The van der Waals surface area contributed by atoms with Crippen molar-refractivity contribution in [2.75, 3.05) is 19.6 Å². The number of nitrogens with one attached hydrogen (secondary N) is 1. The third-order valence-corrected chi connectivity index (χ3v) is 5.94. The molecule has 8 nitrogen and oxygen atoms in total. The smallest absolute Gasteiger partial charge is 0.229 e. The van der Waals surface area contributed by atoms with E-state index in [1.165, 1.54) is 4.90 Å². The van der Waals surface area contributed by atoms with Crippen molar-refractivity contribution in [3.8, 4) is 0 Å². The number of pyridine rings is 1. The minimum atomic E-state index is -0.176. The molecular formula is C22H30N4O4. The number of imide groups is 1. The zero-order valence-corrected chi connectivity index (χ0v) is 17.6. The summed E-state index contributed by atoms with van der Waals surface area (Å²) in [4.78, 5) is 55.7. The first kappa shape index (κ1) is 21.9. The van der Waals surface area contributed by atoms with Gasteiger partial charge in [0.2, 0.25) is 23.6 Å². The average molecular weight is 415 g/mol. The molecular weight excluding hydrogens is 384 g/mol. The summed E-state index contributed by atoms with van der Waals surface area (Å²) in [6.45, 7) is 3.79. The molecule has 2 aliphatic heterocycles. The number of hydrogen-bond donors (Lipinski definition) is 1. The highest BCUT2D eigenvalue weighted by molar-refractivity contribution is 5.97. The summed E-state index contributed by atoms with van der Waals surface area (Å²) in [7, 11) is 0. The van der Waals surface area contributed by atoms with Gasteiger partial charge in [-0.2, -0.15) is 0 Å². The number of likely N-dealkylation sites (tertiary alicyclic amines) is 2. The van der Waals surface area contributed by atoms with E-state index in [1.54, 1.807) is 11.1 Å². The van der Waals surface area contributed by atoms with Crippen LogP contribution < -0.4 is 5.32 Å². The molecule has 0 spiro atoms. The second kappa shape index (κ2) is 10.3. The Balaban J connectivity index is 1.36.